The molecule has 1 aliphatic heterocycles. The number of amides is 1. The molecule has 0 atom stereocenters. The highest BCUT2D eigenvalue weighted by Gasteiger charge is 2.28. The lowest BCUT2D eigenvalue weighted by molar-refractivity contribution is 0.0978. The first kappa shape index (κ1) is 17.4. The van der Waals surface area contributed by atoms with Crippen LogP contribution in [-0.4, -0.2) is 32.3 Å². The number of hydrogen-bond acceptors (Lipinski definition) is 4. The fourth-order valence-corrected chi connectivity index (χ4v) is 4.00. The Morgan fingerprint density at radius 3 is 2.60 bits per heavy atom. The van der Waals surface area contributed by atoms with Gasteiger partial charge in [-0.1, -0.05) is 30.3 Å². The maximum absolute atomic E-state index is 12.6. The van der Waals surface area contributed by atoms with Crippen molar-refractivity contribution in [2.75, 3.05) is 13.7 Å². The third kappa shape index (κ3) is 3.67. The molecule has 0 radical (unpaired) electrons. The van der Waals surface area contributed by atoms with Gasteiger partial charge in [-0.3, -0.25) is 4.79 Å². The van der Waals surface area contributed by atoms with Gasteiger partial charge in [0.05, 0.1) is 7.11 Å². The second-order valence-corrected chi connectivity index (χ2v) is 7.64. The van der Waals surface area contributed by atoms with Gasteiger partial charge in [-0.15, -0.1) is 0 Å². The highest BCUT2D eigenvalue weighted by atomic mass is 32.2. The zero-order valence-corrected chi connectivity index (χ0v) is 15.0. The third-order valence-corrected chi connectivity index (χ3v) is 5.76. The number of nitrogens with one attached hydrogen (secondary N) is 1. The van der Waals surface area contributed by atoms with Crippen LogP contribution in [0.4, 0.5) is 0 Å². The number of ether oxygens (including phenoxy) is 1. The first-order chi connectivity index (χ1) is 11.9. The van der Waals surface area contributed by atoms with E-state index in [0.717, 1.165) is 16.7 Å². The van der Waals surface area contributed by atoms with Crippen molar-refractivity contribution in [2.24, 2.45) is 0 Å². The lowest BCUT2D eigenvalue weighted by Crippen LogP contribution is -2.45. The minimum Gasteiger partial charge on any atom is -0.496 e. The molecule has 1 amide bonds. The lowest BCUT2D eigenvalue weighted by atomic mass is 10.0. The fraction of sp³-hybridized carbons (Fsp3) is 0.278. The van der Waals surface area contributed by atoms with Gasteiger partial charge in [0, 0.05) is 18.7 Å². The summed E-state index contributed by atoms with van der Waals surface area (Å²) in [6.45, 7) is 2.45. The number of rotatable bonds is 4. The van der Waals surface area contributed by atoms with Gasteiger partial charge in [-0.05, 0) is 42.2 Å². The molecule has 1 N–H and O–H groups in total. The van der Waals surface area contributed by atoms with Crippen LogP contribution in [0.3, 0.4) is 0 Å². The summed E-state index contributed by atoms with van der Waals surface area (Å²) in [6, 6.07) is 12.6. The Labute approximate surface area is 147 Å². The van der Waals surface area contributed by atoms with E-state index >= 15 is 0 Å². The van der Waals surface area contributed by atoms with E-state index in [-0.39, 0.29) is 12.1 Å². The molecule has 3 rings (SSSR count). The SMILES string of the molecule is COc1cc(C(=O)NS(=O)(=O)N2CCc3ccccc3C2)ccc1C. The van der Waals surface area contributed by atoms with Crippen LogP contribution in [0.25, 0.3) is 0 Å². The minimum absolute atomic E-state index is 0.239. The zero-order valence-electron chi connectivity index (χ0n) is 14.2. The quantitative estimate of drug-likeness (QED) is 0.905. The molecule has 7 heteroatoms. The summed E-state index contributed by atoms with van der Waals surface area (Å²) in [5.41, 5.74) is 3.21. The molecule has 0 unspecified atom stereocenters. The van der Waals surface area contributed by atoms with Gasteiger partial charge in [0.1, 0.15) is 5.75 Å². The van der Waals surface area contributed by atoms with Crippen LogP contribution >= 0.6 is 0 Å². The summed E-state index contributed by atoms with van der Waals surface area (Å²) in [7, 11) is -2.40. The molecule has 0 bridgehead atoms. The molecule has 2 aromatic rings. The maximum Gasteiger partial charge on any atom is 0.304 e. The molecule has 0 aliphatic carbocycles. The van der Waals surface area contributed by atoms with Crippen LogP contribution in [0.2, 0.25) is 0 Å². The molecule has 132 valence electrons. The van der Waals surface area contributed by atoms with Crippen LogP contribution in [0.15, 0.2) is 42.5 Å². The standard InChI is InChI=1S/C18H20N2O4S/c1-13-7-8-15(11-17(13)24-2)18(21)19-25(22,23)20-10-9-14-5-3-4-6-16(14)12-20/h3-8,11H,9-10,12H2,1-2H3,(H,19,21). The second kappa shape index (κ2) is 6.85. The number of nitrogens with zero attached hydrogens (tertiary/aromatic N) is 1. The molecule has 0 aromatic heterocycles. The first-order valence-corrected chi connectivity index (χ1v) is 9.38. The number of benzene rings is 2. The predicted molar refractivity (Wildman–Crippen MR) is 94.7 cm³/mol. The fourth-order valence-electron chi connectivity index (χ4n) is 2.88. The average Bonchev–Trinajstić information content (AvgIpc) is 2.61. The molecule has 6 nitrogen and oxygen atoms in total. The zero-order chi connectivity index (χ0) is 18.0. The number of carbonyl (C=O) groups excluding carboxylic acids is 1. The van der Waals surface area contributed by atoms with Gasteiger partial charge in [0.2, 0.25) is 0 Å². The van der Waals surface area contributed by atoms with Crippen LogP contribution in [0, 0.1) is 6.92 Å². The molecular formula is C18H20N2O4S. The summed E-state index contributed by atoms with van der Waals surface area (Å²) in [5, 5.41) is 0. The maximum atomic E-state index is 12.6. The molecule has 0 spiro atoms. The van der Waals surface area contributed by atoms with Crippen LogP contribution in [0.5, 0.6) is 5.75 Å². The monoisotopic (exact) mass is 360 g/mol. The van der Waals surface area contributed by atoms with Crippen molar-refractivity contribution in [3.05, 3.63) is 64.7 Å². The van der Waals surface area contributed by atoms with E-state index in [0.29, 0.717) is 18.7 Å². The van der Waals surface area contributed by atoms with Crippen molar-refractivity contribution in [3.63, 3.8) is 0 Å². The van der Waals surface area contributed by atoms with Gasteiger partial charge in [-0.2, -0.15) is 12.7 Å². The van der Waals surface area contributed by atoms with E-state index in [9.17, 15) is 13.2 Å². The lowest BCUT2D eigenvalue weighted by Gasteiger charge is -2.27. The van der Waals surface area contributed by atoms with Crippen LogP contribution < -0.4 is 9.46 Å². The van der Waals surface area contributed by atoms with Gasteiger partial charge >= 0.3 is 10.2 Å². The van der Waals surface area contributed by atoms with Gasteiger partial charge in [0.25, 0.3) is 5.91 Å². The average molecular weight is 360 g/mol. The minimum atomic E-state index is -3.91. The van der Waals surface area contributed by atoms with Crippen LogP contribution in [0.1, 0.15) is 27.0 Å². The first-order valence-electron chi connectivity index (χ1n) is 7.94. The van der Waals surface area contributed by atoms with Crippen LogP contribution in [-0.2, 0) is 23.2 Å². The van der Waals surface area contributed by atoms with Crippen molar-refractivity contribution in [3.8, 4) is 5.75 Å². The highest BCUT2D eigenvalue weighted by molar-refractivity contribution is 7.87. The summed E-state index contributed by atoms with van der Waals surface area (Å²) in [4.78, 5) is 12.4. The van der Waals surface area contributed by atoms with Gasteiger partial charge < -0.3 is 4.74 Å². The Balaban J connectivity index is 1.77. The summed E-state index contributed by atoms with van der Waals surface area (Å²) >= 11 is 0. The predicted octanol–water partition coefficient (Wildman–Crippen LogP) is 2.04. The number of fused-ring (bicyclic) bond motifs is 1. The Bertz CT molecular complexity index is 909. The summed E-state index contributed by atoms with van der Waals surface area (Å²) < 4.78 is 33.7. The number of carbonyl (C=O) groups is 1. The van der Waals surface area contributed by atoms with E-state index in [1.54, 1.807) is 12.1 Å². The molecular weight excluding hydrogens is 340 g/mol. The molecule has 0 fully saturated rings. The normalized spacial score (nSPS) is 14.6. The highest BCUT2D eigenvalue weighted by Crippen LogP contribution is 2.21. The Kier molecular flexibility index (Phi) is 4.78. The van der Waals surface area contributed by atoms with E-state index in [2.05, 4.69) is 4.72 Å². The Hall–Kier alpha value is -2.38. The van der Waals surface area contributed by atoms with Crippen molar-refractivity contribution in [1.82, 2.24) is 9.03 Å². The molecule has 25 heavy (non-hydrogen) atoms. The third-order valence-electron chi connectivity index (χ3n) is 4.33. The Morgan fingerprint density at radius 2 is 1.88 bits per heavy atom. The topological polar surface area (TPSA) is 75.7 Å². The largest absolute Gasteiger partial charge is 0.496 e. The smallest absolute Gasteiger partial charge is 0.304 e. The van der Waals surface area contributed by atoms with E-state index in [1.165, 1.54) is 17.5 Å². The van der Waals surface area contributed by atoms with Gasteiger partial charge in [0.15, 0.2) is 0 Å². The van der Waals surface area contributed by atoms with Crippen molar-refractivity contribution < 1.29 is 17.9 Å². The summed E-state index contributed by atoms with van der Waals surface area (Å²) in [6.07, 6.45) is 0.629. The molecule has 0 saturated carbocycles. The van der Waals surface area contributed by atoms with Gasteiger partial charge in [-0.25, -0.2) is 4.72 Å². The number of methoxy groups -OCH3 is 1. The van der Waals surface area contributed by atoms with Crippen molar-refractivity contribution in [2.45, 2.75) is 19.9 Å². The Morgan fingerprint density at radius 1 is 1.16 bits per heavy atom. The molecule has 1 aliphatic rings. The molecule has 2 aromatic carbocycles. The molecule has 0 saturated heterocycles. The van der Waals surface area contributed by atoms with Crippen molar-refractivity contribution in [1.29, 1.82) is 0 Å². The molecule has 1 heterocycles. The van der Waals surface area contributed by atoms with Crippen molar-refractivity contribution >= 4 is 16.1 Å². The number of hydrogen-bond donors (Lipinski definition) is 1. The van der Waals surface area contributed by atoms with E-state index in [4.69, 9.17) is 4.74 Å². The second-order valence-electron chi connectivity index (χ2n) is 5.97. The van der Waals surface area contributed by atoms with E-state index < -0.39 is 16.1 Å². The number of aryl methyl sites for hydroxylation is 1. The summed E-state index contributed by atoms with van der Waals surface area (Å²) in [5.74, 6) is -0.130. The van der Waals surface area contributed by atoms with E-state index in [1.807, 2.05) is 31.2 Å².